The second-order valence-corrected chi connectivity index (χ2v) is 4.42. The van der Waals surface area contributed by atoms with Gasteiger partial charge in [-0.15, -0.1) is 0 Å². The highest BCUT2D eigenvalue weighted by Gasteiger charge is 2.19. The maximum atomic E-state index is 4.52. The lowest BCUT2D eigenvalue weighted by Gasteiger charge is -2.31. The summed E-state index contributed by atoms with van der Waals surface area (Å²) < 4.78 is 0. The first-order valence-electron chi connectivity index (χ1n) is 6.04. The van der Waals surface area contributed by atoms with Crippen molar-refractivity contribution in [1.82, 2.24) is 9.97 Å². The zero-order valence-electron chi connectivity index (χ0n) is 10.1. The number of nitrogens with zero attached hydrogens (tertiary/aromatic N) is 3. The second-order valence-electron chi connectivity index (χ2n) is 4.42. The van der Waals surface area contributed by atoms with Crippen molar-refractivity contribution in [2.24, 2.45) is 0 Å². The van der Waals surface area contributed by atoms with E-state index in [1.807, 2.05) is 13.2 Å². The van der Waals surface area contributed by atoms with E-state index in [0.29, 0.717) is 6.04 Å². The third kappa shape index (κ3) is 2.43. The first-order valence-corrected chi connectivity index (χ1v) is 6.04. The Morgan fingerprint density at radius 3 is 2.69 bits per heavy atom. The van der Waals surface area contributed by atoms with Crippen molar-refractivity contribution < 1.29 is 0 Å². The van der Waals surface area contributed by atoms with Crippen LogP contribution in [-0.2, 0) is 0 Å². The summed E-state index contributed by atoms with van der Waals surface area (Å²) in [4.78, 5) is 11.0. The van der Waals surface area contributed by atoms with Gasteiger partial charge < -0.3 is 10.2 Å². The lowest BCUT2D eigenvalue weighted by molar-refractivity contribution is 0.426. The highest BCUT2D eigenvalue weighted by Crippen LogP contribution is 2.24. The molecule has 0 amide bonds. The standard InChI is InChI=1S/C12H20N4/c1-13-11-8-14-9-12(15-11)16(2)10-6-4-3-5-7-10/h8-10H,3-7H2,1-2H3,(H,13,15). The first kappa shape index (κ1) is 11.2. The Balaban J connectivity index is 2.09. The van der Waals surface area contributed by atoms with E-state index in [9.17, 15) is 0 Å². The van der Waals surface area contributed by atoms with Gasteiger partial charge in [-0.05, 0) is 12.8 Å². The van der Waals surface area contributed by atoms with Crippen molar-refractivity contribution in [2.45, 2.75) is 38.1 Å². The summed E-state index contributed by atoms with van der Waals surface area (Å²) in [6, 6.07) is 0.634. The molecule has 0 atom stereocenters. The van der Waals surface area contributed by atoms with E-state index in [4.69, 9.17) is 0 Å². The molecule has 1 saturated carbocycles. The van der Waals surface area contributed by atoms with E-state index in [1.54, 1.807) is 6.20 Å². The van der Waals surface area contributed by atoms with Crippen LogP contribution in [0.2, 0.25) is 0 Å². The number of hydrogen-bond acceptors (Lipinski definition) is 4. The van der Waals surface area contributed by atoms with Crippen LogP contribution in [0, 0.1) is 0 Å². The van der Waals surface area contributed by atoms with Crippen LogP contribution in [0.25, 0.3) is 0 Å². The van der Waals surface area contributed by atoms with E-state index >= 15 is 0 Å². The summed E-state index contributed by atoms with van der Waals surface area (Å²) in [6.07, 6.45) is 10.2. The van der Waals surface area contributed by atoms with Gasteiger partial charge in [0.2, 0.25) is 0 Å². The van der Waals surface area contributed by atoms with Gasteiger partial charge in [-0.25, -0.2) is 4.98 Å². The normalized spacial score (nSPS) is 17.1. The number of nitrogens with one attached hydrogen (secondary N) is 1. The molecule has 0 aliphatic heterocycles. The Labute approximate surface area is 97.1 Å². The molecule has 1 aromatic rings. The van der Waals surface area contributed by atoms with Crippen LogP contribution < -0.4 is 10.2 Å². The molecule has 4 heteroatoms. The predicted octanol–water partition coefficient (Wildman–Crippen LogP) is 2.29. The van der Waals surface area contributed by atoms with Gasteiger partial charge in [0, 0.05) is 20.1 Å². The molecule has 4 nitrogen and oxygen atoms in total. The minimum absolute atomic E-state index is 0.634. The van der Waals surface area contributed by atoms with Gasteiger partial charge in [0.05, 0.1) is 12.4 Å². The van der Waals surface area contributed by atoms with Gasteiger partial charge in [0.15, 0.2) is 0 Å². The van der Waals surface area contributed by atoms with Gasteiger partial charge >= 0.3 is 0 Å². The third-order valence-electron chi connectivity index (χ3n) is 3.36. The second kappa shape index (κ2) is 5.14. The Hall–Kier alpha value is -1.32. The van der Waals surface area contributed by atoms with Crippen LogP contribution in [0.1, 0.15) is 32.1 Å². The zero-order chi connectivity index (χ0) is 11.4. The van der Waals surface area contributed by atoms with Gasteiger partial charge in [0.25, 0.3) is 0 Å². The average Bonchev–Trinajstić information content (AvgIpc) is 2.39. The number of rotatable bonds is 3. The summed E-state index contributed by atoms with van der Waals surface area (Å²) in [5.41, 5.74) is 0. The van der Waals surface area contributed by atoms with Gasteiger partial charge in [0.1, 0.15) is 11.6 Å². The summed E-state index contributed by atoms with van der Waals surface area (Å²) in [5, 5.41) is 3.02. The smallest absolute Gasteiger partial charge is 0.149 e. The zero-order valence-corrected chi connectivity index (χ0v) is 10.1. The van der Waals surface area contributed by atoms with Gasteiger partial charge in [-0.1, -0.05) is 19.3 Å². The highest BCUT2D eigenvalue weighted by atomic mass is 15.2. The molecule has 0 radical (unpaired) electrons. The van der Waals surface area contributed by atoms with Crippen molar-refractivity contribution >= 4 is 11.6 Å². The predicted molar refractivity (Wildman–Crippen MR) is 66.9 cm³/mol. The summed E-state index contributed by atoms with van der Waals surface area (Å²) in [6.45, 7) is 0. The molecular formula is C12H20N4. The molecule has 2 rings (SSSR count). The molecule has 0 spiro atoms. The fourth-order valence-corrected chi connectivity index (χ4v) is 2.30. The maximum absolute atomic E-state index is 4.52. The quantitative estimate of drug-likeness (QED) is 0.848. The summed E-state index contributed by atoms with van der Waals surface area (Å²) in [7, 11) is 3.99. The Bertz CT molecular complexity index is 334. The van der Waals surface area contributed by atoms with Crippen molar-refractivity contribution in [2.75, 3.05) is 24.3 Å². The van der Waals surface area contributed by atoms with Crippen LogP contribution in [0.15, 0.2) is 12.4 Å². The maximum Gasteiger partial charge on any atom is 0.149 e. The minimum Gasteiger partial charge on any atom is -0.372 e. The molecule has 0 aromatic carbocycles. The molecule has 0 unspecified atom stereocenters. The number of anilines is 2. The van der Waals surface area contributed by atoms with Gasteiger partial charge in [-0.2, -0.15) is 0 Å². The molecule has 0 saturated heterocycles. The van der Waals surface area contributed by atoms with E-state index < -0.39 is 0 Å². The molecule has 0 bridgehead atoms. The Morgan fingerprint density at radius 2 is 2.00 bits per heavy atom. The molecular weight excluding hydrogens is 200 g/mol. The molecule has 1 heterocycles. The minimum atomic E-state index is 0.634. The molecule has 88 valence electrons. The van der Waals surface area contributed by atoms with Gasteiger partial charge in [-0.3, -0.25) is 4.98 Å². The topological polar surface area (TPSA) is 41.1 Å². The fourth-order valence-electron chi connectivity index (χ4n) is 2.30. The molecule has 1 aliphatic carbocycles. The van der Waals surface area contributed by atoms with Crippen LogP contribution in [0.4, 0.5) is 11.6 Å². The van der Waals surface area contributed by atoms with Crippen molar-refractivity contribution in [1.29, 1.82) is 0 Å². The van der Waals surface area contributed by atoms with E-state index in [2.05, 4.69) is 27.2 Å². The highest BCUT2D eigenvalue weighted by molar-refractivity contribution is 5.43. The largest absolute Gasteiger partial charge is 0.372 e. The van der Waals surface area contributed by atoms with Crippen LogP contribution >= 0.6 is 0 Å². The molecule has 1 N–H and O–H groups in total. The first-order chi connectivity index (χ1) is 7.81. The van der Waals surface area contributed by atoms with E-state index in [0.717, 1.165) is 11.6 Å². The monoisotopic (exact) mass is 220 g/mol. The third-order valence-corrected chi connectivity index (χ3v) is 3.36. The lowest BCUT2D eigenvalue weighted by Crippen LogP contribution is -2.34. The van der Waals surface area contributed by atoms with Crippen molar-refractivity contribution in [3.63, 3.8) is 0 Å². The van der Waals surface area contributed by atoms with Crippen LogP contribution in [0.3, 0.4) is 0 Å². The summed E-state index contributed by atoms with van der Waals surface area (Å²) >= 11 is 0. The Morgan fingerprint density at radius 1 is 1.25 bits per heavy atom. The van der Waals surface area contributed by atoms with Crippen molar-refractivity contribution in [3.8, 4) is 0 Å². The lowest BCUT2D eigenvalue weighted by atomic mass is 9.94. The van der Waals surface area contributed by atoms with Crippen molar-refractivity contribution in [3.05, 3.63) is 12.4 Å². The van der Waals surface area contributed by atoms with Crippen LogP contribution in [0.5, 0.6) is 0 Å². The number of hydrogen-bond donors (Lipinski definition) is 1. The van der Waals surface area contributed by atoms with E-state index in [1.165, 1.54) is 32.1 Å². The van der Waals surface area contributed by atoms with Crippen LogP contribution in [-0.4, -0.2) is 30.1 Å². The Kier molecular flexibility index (Phi) is 3.59. The van der Waals surface area contributed by atoms with E-state index in [-0.39, 0.29) is 0 Å². The average molecular weight is 220 g/mol. The SMILES string of the molecule is CNc1cncc(N(C)C2CCCCC2)n1. The summed E-state index contributed by atoms with van der Waals surface area (Å²) in [5.74, 6) is 1.80. The fraction of sp³-hybridized carbons (Fsp3) is 0.667. The molecule has 16 heavy (non-hydrogen) atoms. The molecule has 1 aliphatic rings. The molecule has 1 fully saturated rings. The number of aromatic nitrogens is 2. The molecule has 1 aromatic heterocycles.